The van der Waals surface area contributed by atoms with Crippen LogP contribution in [0.2, 0.25) is 0 Å². The van der Waals surface area contributed by atoms with Crippen LogP contribution in [0.5, 0.6) is 0 Å². The van der Waals surface area contributed by atoms with Gasteiger partial charge in [0.05, 0.1) is 5.75 Å². The molecule has 122 valence electrons. The molecule has 0 atom stereocenters. The molecule has 1 amide bonds. The van der Waals surface area contributed by atoms with Crippen LogP contribution >= 0.6 is 11.8 Å². The van der Waals surface area contributed by atoms with Gasteiger partial charge in [0.25, 0.3) is 0 Å². The normalized spacial score (nSPS) is 10.5. The molecule has 3 N–H and O–H groups in total. The molecule has 0 saturated carbocycles. The van der Waals surface area contributed by atoms with Gasteiger partial charge >= 0.3 is 0 Å². The van der Waals surface area contributed by atoms with Crippen LogP contribution in [0.3, 0.4) is 0 Å². The van der Waals surface area contributed by atoms with E-state index in [2.05, 4.69) is 20.5 Å². The number of carbonyl (C=O) groups is 1. The van der Waals surface area contributed by atoms with E-state index < -0.39 is 0 Å². The van der Waals surface area contributed by atoms with Crippen molar-refractivity contribution in [2.75, 3.05) is 16.9 Å². The number of hydrogen-bond acceptors (Lipinski definition) is 6. The lowest BCUT2D eigenvalue weighted by molar-refractivity contribution is -0.113. The van der Waals surface area contributed by atoms with Crippen molar-refractivity contribution in [1.29, 1.82) is 0 Å². The van der Waals surface area contributed by atoms with Crippen molar-refractivity contribution in [3.63, 3.8) is 0 Å². The lowest BCUT2D eigenvalue weighted by Crippen LogP contribution is -2.16. The highest BCUT2D eigenvalue weighted by atomic mass is 32.2. The number of aryl methyl sites for hydroxylation is 1. The van der Waals surface area contributed by atoms with Crippen LogP contribution < -0.4 is 11.2 Å². The van der Waals surface area contributed by atoms with Gasteiger partial charge in [-0.1, -0.05) is 23.9 Å². The zero-order chi connectivity index (χ0) is 16.9. The minimum atomic E-state index is -0.128. The SMILES string of the molecule is Cc1cccc(NC(=O)CSc2nnc(-c3cccnc3)n2N)c1. The highest BCUT2D eigenvalue weighted by molar-refractivity contribution is 7.99. The number of benzene rings is 1. The number of nitrogen functional groups attached to an aromatic ring is 1. The first-order chi connectivity index (χ1) is 11.6. The Morgan fingerprint density at radius 1 is 1.29 bits per heavy atom. The molecule has 0 aliphatic heterocycles. The molecule has 2 heterocycles. The van der Waals surface area contributed by atoms with E-state index in [0.29, 0.717) is 11.0 Å². The summed E-state index contributed by atoms with van der Waals surface area (Å²) in [5.74, 6) is 6.57. The van der Waals surface area contributed by atoms with Crippen molar-refractivity contribution in [3.05, 3.63) is 54.4 Å². The standard InChI is InChI=1S/C16H16N6OS/c1-11-4-2-6-13(8-11)19-14(23)10-24-16-21-20-15(22(16)17)12-5-3-7-18-9-12/h2-9H,10,17H2,1H3,(H,19,23). The summed E-state index contributed by atoms with van der Waals surface area (Å²) in [4.78, 5) is 16.1. The predicted molar refractivity (Wildman–Crippen MR) is 93.9 cm³/mol. The molecule has 0 spiro atoms. The largest absolute Gasteiger partial charge is 0.335 e. The highest BCUT2D eigenvalue weighted by Crippen LogP contribution is 2.21. The summed E-state index contributed by atoms with van der Waals surface area (Å²) in [6.45, 7) is 1.97. The zero-order valence-corrected chi connectivity index (χ0v) is 13.8. The molecule has 2 aromatic heterocycles. The lowest BCUT2D eigenvalue weighted by atomic mass is 10.2. The van der Waals surface area contributed by atoms with Gasteiger partial charge in [0.2, 0.25) is 11.1 Å². The number of rotatable bonds is 5. The Morgan fingerprint density at radius 3 is 2.92 bits per heavy atom. The van der Waals surface area contributed by atoms with Crippen molar-refractivity contribution in [2.45, 2.75) is 12.1 Å². The second kappa shape index (κ2) is 7.14. The second-order valence-electron chi connectivity index (χ2n) is 5.12. The van der Waals surface area contributed by atoms with Gasteiger partial charge in [-0.2, -0.15) is 0 Å². The Labute approximate surface area is 143 Å². The number of nitrogens with zero attached hydrogens (tertiary/aromatic N) is 4. The van der Waals surface area contributed by atoms with Crippen LogP contribution in [0.25, 0.3) is 11.4 Å². The van der Waals surface area contributed by atoms with Crippen molar-refractivity contribution in [3.8, 4) is 11.4 Å². The first-order valence-corrected chi connectivity index (χ1v) is 8.22. The second-order valence-corrected chi connectivity index (χ2v) is 6.07. The first-order valence-electron chi connectivity index (χ1n) is 7.23. The van der Waals surface area contributed by atoms with Gasteiger partial charge in [0.1, 0.15) is 0 Å². The monoisotopic (exact) mass is 340 g/mol. The summed E-state index contributed by atoms with van der Waals surface area (Å²) in [6.07, 6.45) is 3.33. The third kappa shape index (κ3) is 3.72. The van der Waals surface area contributed by atoms with Crippen LogP contribution in [-0.2, 0) is 4.79 Å². The molecule has 8 heteroatoms. The average molecular weight is 340 g/mol. The zero-order valence-electron chi connectivity index (χ0n) is 13.0. The Balaban J connectivity index is 1.63. The van der Waals surface area contributed by atoms with Crippen LogP contribution in [-0.4, -0.2) is 31.5 Å². The molecule has 1 aromatic carbocycles. The van der Waals surface area contributed by atoms with E-state index in [0.717, 1.165) is 16.8 Å². The summed E-state index contributed by atoms with van der Waals surface area (Å²) < 4.78 is 1.36. The highest BCUT2D eigenvalue weighted by Gasteiger charge is 2.13. The smallest absolute Gasteiger partial charge is 0.234 e. The fourth-order valence-corrected chi connectivity index (χ4v) is 2.77. The Morgan fingerprint density at radius 2 is 2.17 bits per heavy atom. The van der Waals surface area contributed by atoms with Gasteiger partial charge in [0, 0.05) is 23.6 Å². The average Bonchev–Trinajstić information content (AvgIpc) is 2.94. The topological polar surface area (TPSA) is 98.7 Å². The van der Waals surface area contributed by atoms with E-state index in [-0.39, 0.29) is 11.7 Å². The van der Waals surface area contributed by atoms with E-state index in [1.165, 1.54) is 16.4 Å². The number of pyridine rings is 1. The summed E-state index contributed by atoms with van der Waals surface area (Å²) in [6, 6.07) is 11.3. The van der Waals surface area contributed by atoms with Crippen molar-refractivity contribution >= 4 is 23.4 Å². The number of thioether (sulfide) groups is 1. The maximum absolute atomic E-state index is 12.0. The number of anilines is 1. The minimum absolute atomic E-state index is 0.128. The number of nitrogens with one attached hydrogen (secondary N) is 1. The lowest BCUT2D eigenvalue weighted by Gasteiger charge is -2.06. The maximum atomic E-state index is 12.0. The minimum Gasteiger partial charge on any atom is -0.335 e. The molecule has 0 radical (unpaired) electrons. The number of amides is 1. The number of nitrogens with two attached hydrogens (primary N) is 1. The third-order valence-electron chi connectivity index (χ3n) is 3.22. The van der Waals surface area contributed by atoms with Crippen molar-refractivity contribution < 1.29 is 4.79 Å². The summed E-state index contributed by atoms with van der Waals surface area (Å²) in [5.41, 5.74) is 2.62. The molecule has 3 aromatic rings. The predicted octanol–water partition coefficient (Wildman–Crippen LogP) is 2.09. The van der Waals surface area contributed by atoms with Crippen LogP contribution in [0.1, 0.15) is 5.56 Å². The fourth-order valence-electron chi connectivity index (χ4n) is 2.12. The molecule has 7 nitrogen and oxygen atoms in total. The number of aromatic nitrogens is 4. The molecule has 0 aliphatic carbocycles. The van der Waals surface area contributed by atoms with Gasteiger partial charge < -0.3 is 11.2 Å². The maximum Gasteiger partial charge on any atom is 0.234 e. The van der Waals surface area contributed by atoms with E-state index in [4.69, 9.17) is 5.84 Å². The van der Waals surface area contributed by atoms with Crippen LogP contribution in [0.4, 0.5) is 5.69 Å². The molecule has 0 aliphatic rings. The van der Waals surface area contributed by atoms with Crippen molar-refractivity contribution in [1.82, 2.24) is 19.9 Å². The summed E-state index contributed by atoms with van der Waals surface area (Å²) >= 11 is 1.23. The molecule has 0 unspecified atom stereocenters. The molecule has 0 saturated heterocycles. The molecule has 3 rings (SSSR count). The molecule has 0 bridgehead atoms. The quantitative estimate of drug-likeness (QED) is 0.545. The van der Waals surface area contributed by atoms with Crippen LogP contribution in [0, 0.1) is 6.92 Å². The summed E-state index contributed by atoms with van der Waals surface area (Å²) in [5, 5.41) is 11.4. The van der Waals surface area contributed by atoms with E-state index in [1.54, 1.807) is 18.5 Å². The first kappa shape index (κ1) is 16.0. The number of carbonyl (C=O) groups excluding carboxylic acids is 1. The summed E-state index contributed by atoms with van der Waals surface area (Å²) in [7, 11) is 0. The molecule has 24 heavy (non-hydrogen) atoms. The molecular weight excluding hydrogens is 324 g/mol. The molecular formula is C16H16N6OS. The van der Waals surface area contributed by atoms with Gasteiger partial charge in [-0.25, -0.2) is 4.68 Å². The Kier molecular flexibility index (Phi) is 4.76. The van der Waals surface area contributed by atoms with Gasteiger partial charge in [-0.3, -0.25) is 9.78 Å². The Hall–Kier alpha value is -2.87. The van der Waals surface area contributed by atoms with Gasteiger partial charge in [-0.15, -0.1) is 10.2 Å². The van der Waals surface area contributed by atoms with Crippen LogP contribution in [0.15, 0.2) is 53.9 Å². The van der Waals surface area contributed by atoms with E-state index in [9.17, 15) is 4.79 Å². The Bertz CT molecular complexity index is 849. The number of hydrogen-bond donors (Lipinski definition) is 2. The van der Waals surface area contributed by atoms with E-state index in [1.807, 2.05) is 37.3 Å². The van der Waals surface area contributed by atoms with Crippen molar-refractivity contribution in [2.24, 2.45) is 0 Å². The van der Waals surface area contributed by atoms with Gasteiger partial charge in [0.15, 0.2) is 5.82 Å². The van der Waals surface area contributed by atoms with Gasteiger partial charge in [-0.05, 0) is 36.8 Å². The molecule has 0 fully saturated rings. The van der Waals surface area contributed by atoms with E-state index >= 15 is 0 Å². The fraction of sp³-hybridized carbons (Fsp3) is 0.125. The third-order valence-corrected chi connectivity index (χ3v) is 4.16.